The first-order valence-corrected chi connectivity index (χ1v) is 10.6. The molecule has 4 aromatic rings. The van der Waals surface area contributed by atoms with Gasteiger partial charge in [-0.05, 0) is 36.2 Å². The van der Waals surface area contributed by atoms with Gasteiger partial charge in [0.1, 0.15) is 16.9 Å². The molecular formula is C20H19N5O4S. The summed E-state index contributed by atoms with van der Waals surface area (Å²) in [6.07, 6.45) is 0.522. The van der Waals surface area contributed by atoms with Crippen LogP contribution in [0.15, 0.2) is 53.4 Å². The lowest BCUT2D eigenvalue weighted by Gasteiger charge is -2.08. The van der Waals surface area contributed by atoms with Crippen LogP contribution in [0.25, 0.3) is 22.2 Å². The van der Waals surface area contributed by atoms with Crippen LogP contribution in [0, 0.1) is 0 Å². The maximum atomic E-state index is 12.4. The van der Waals surface area contributed by atoms with Gasteiger partial charge in [-0.25, -0.2) is 28.3 Å². The molecule has 0 fully saturated rings. The quantitative estimate of drug-likeness (QED) is 0.464. The van der Waals surface area contributed by atoms with Gasteiger partial charge in [0.05, 0.1) is 23.0 Å². The molecule has 4 rings (SSSR count). The summed E-state index contributed by atoms with van der Waals surface area (Å²) in [6, 6.07) is 13.6. The highest BCUT2D eigenvalue weighted by atomic mass is 32.2. The highest BCUT2D eigenvalue weighted by Gasteiger charge is 2.24. The first-order valence-electron chi connectivity index (χ1n) is 9.04. The molecule has 0 bridgehead atoms. The number of rotatable bonds is 5. The number of nitrogens with zero attached hydrogens (tertiary/aromatic N) is 3. The molecule has 4 N–H and O–H groups in total. The minimum Gasteiger partial charge on any atom is -0.465 e. The average molecular weight is 425 g/mol. The number of sulfonamides is 1. The summed E-state index contributed by atoms with van der Waals surface area (Å²) < 4.78 is 29.4. The van der Waals surface area contributed by atoms with Crippen molar-refractivity contribution in [1.29, 1.82) is 0 Å². The smallest absolute Gasteiger partial charge is 0.343 e. The molecule has 30 heavy (non-hydrogen) atoms. The number of fused-ring (bicyclic) bond motifs is 2. The number of carbonyl (C=O) groups excluding carboxylic acids is 1. The molecule has 0 unspecified atom stereocenters. The number of methoxy groups -OCH3 is 1. The number of benzene rings is 2. The third kappa shape index (κ3) is 3.46. The highest BCUT2D eigenvalue weighted by Crippen LogP contribution is 2.28. The van der Waals surface area contributed by atoms with Crippen LogP contribution >= 0.6 is 0 Å². The minimum atomic E-state index is -3.75. The van der Waals surface area contributed by atoms with Crippen LogP contribution in [-0.2, 0) is 27.7 Å². The van der Waals surface area contributed by atoms with E-state index in [9.17, 15) is 13.2 Å². The van der Waals surface area contributed by atoms with E-state index in [1.165, 1.54) is 19.2 Å². The Bertz CT molecular complexity index is 1380. The van der Waals surface area contributed by atoms with E-state index in [0.717, 1.165) is 5.56 Å². The molecule has 0 amide bonds. The van der Waals surface area contributed by atoms with Crippen LogP contribution in [0.2, 0.25) is 0 Å². The number of primary sulfonamides is 1. The molecule has 0 aliphatic carbocycles. The van der Waals surface area contributed by atoms with Crippen molar-refractivity contribution >= 4 is 44.0 Å². The third-order valence-electron chi connectivity index (χ3n) is 4.86. The maximum absolute atomic E-state index is 12.4. The van der Waals surface area contributed by atoms with Crippen LogP contribution < -0.4 is 10.9 Å². The van der Waals surface area contributed by atoms with Gasteiger partial charge in [0, 0.05) is 6.54 Å². The predicted molar refractivity (Wildman–Crippen MR) is 112 cm³/mol. The lowest BCUT2D eigenvalue weighted by molar-refractivity contribution is 0.0604. The number of ether oxygens (including phenoxy) is 1. The SMILES string of the molecule is COC(=O)c1c(N)n(CCc2ccc(S(N)(=O)=O)cc2)c2nc3ccccc3nc12. The van der Waals surface area contributed by atoms with Gasteiger partial charge in [-0.15, -0.1) is 0 Å². The molecule has 10 heteroatoms. The van der Waals surface area contributed by atoms with Crippen LogP contribution in [0.5, 0.6) is 0 Å². The molecule has 0 saturated heterocycles. The molecule has 9 nitrogen and oxygen atoms in total. The third-order valence-corrected chi connectivity index (χ3v) is 5.79. The standard InChI is InChI=1S/C20H19N5O4S/c1-29-20(26)16-17-19(24-15-5-3-2-4-14(15)23-17)25(18(16)21)11-10-12-6-8-13(9-7-12)30(22,27)28/h2-9H,10-11,21H2,1H3,(H2,22,27,28). The van der Waals surface area contributed by atoms with Crippen LogP contribution in [-0.4, -0.2) is 36.0 Å². The van der Waals surface area contributed by atoms with E-state index in [4.69, 9.17) is 15.6 Å². The second-order valence-electron chi connectivity index (χ2n) is 6.73. The number of para-hydroxylation sites is 2. The zero-order valence-electron chi connectivity index (χ0n) is 16.1. The number of nitrogen functional groups attached to an aromatic ring is 1. The predicted octanol–water partition coefficient (Wildman–Crippen LogP) is 1.84. The fraction of sp³-hybridized carbons (Fsp3) is 0.150. The number of anilines is 1. The van der Waals surface area contributed by atoms with Gasteiger partial charge in [0.2, 0.25) is 10.0 Å². The van der Waals surface area contributed by atoms with Crippen molar-refractivity contribution in [3.8, 4) is 0 Å². The lowest BCUT2D eigenvalue weighted by Crippen LogP contribution is -2.12. The topological polar surface area (TPSA) is 143 Å². The van der Waals surface area contributed by atoms with E-state index in [0.29, 0.717) is 35.2 Å². The fourth-order valence-electron chi connectivity index (χ4n) is 3.33. The van der Waals surface area contributed by atoms with Gasteiger partial charge in [-0.3, -0.25) is 0 Å². The molecule has 154 valence electrons. The summed E-state index contributed by atoms with van der Waals surface area (Å²) in [5, 5.41) is 5.14. The van der Waals surface area contributed by atoms with Crippen LogP contribution in [0.1, 0.15) is 15.9 Å². The van der Waals surface area contributed by atoms with Crippen molar-refractivity contribution in [2.24, 2.45) is 5.14 Å². The highest BCUT2D eigenvalue weighted by molar-refractivity contribution is 7.89. The Morgan fingerprint density at radius 3 is 2.30 bits per heavy atom. The molecule has 2 aromatic heterocycles. The summed E-state index contributed by atoms with van der Waals surface area (Å²) in [4.78, 5) is 21.6. The van der Waals surface area contributed by atoms with Gasteiger partial charge in [0.15, 0.2) is 5.65 Å². The summed E-state index contributed by atoms with van der Waals surface area (Å²) in [6.45, 7) is 0.404. The van der Waals surface area contributed by atoms with Crippen LogP contribution in [0.4, 0.5) is 5.82 Å². The van der Waals surface area contributed by atoms with Crippen molar-refractivity contribution in [2.45, 2.75) is 17.9 Å². The van der Waals surface area contributed by atoms with Crippen molar-refractivity contribution in [3.63, 3.8) is 0 Å². The number of nitrogens with two attached hydrogens (primary N) is 2. The Kier molecular flexibility index (Phi) is 4.88. The van der Waals surface area contributed by atoms with E-state index in [1.54, 1.807) is 16.7 Å². The van der Waals surface area contributed by atoms with Gasteiger partial charge in [0.25, 0.3) is 0 Å². The zero-order valence-corrected chi connectivity index (χ0v) is 16.9. The molecule has 2 aromatic carbocycles. The summed E-state index contributed by atoms with van der Waals surface area (Å²) in [5.41, 5.74) is 9.51. The molecule has 2 heterocycles. The van der Waals surface area contributed by atoms with Crippen LogP contribution in [0.3, 0.4) is 0 Å². The number of hydrogen-bond acceptors (Lipinski definition) is 7. The summed E-state index contributed by atoms with van der Waals surface area (Å²) in [7, 11) is -2.46. The lowest BCUT2D eigenvalue weighted by atomic mass is 10.1. The number of carbonyl (C=O) groups is 1. The van der Waals surface area contributed by atoms with E-state index in [-0.39, 0.29) is 16.3 Å². The Hall–Kier alpha value is -3.50. The normalized spacial score (nSPS) is 11.8. The van der Waals surface area contributed by atoms with Crippen molar-refractivity contribution < 1.29 is 17.9 Å². The Labute approximate surface area is 172 Å². The van der Waals surface area contributed by atoms with E-state index < -0.39 is 16.0 Å². The van der Waals surface area contributed by atoms with Crippen molar-refractivity contribution in [1.82, 2.24) is 14.5 Å². The Balaban J connectivity index is 1.77. The number of esters is 1. The Morgan fingerprint density at radius 2 is 1.70 bits per heavy atom. The van der Waals surface area contributed by atoms with Gasteiger partial charge < -0.3 is 15.0 Å². The summed E-state index contributed by atoms with van der Waals surface area (Å²) >= 11 is 0. The molecule has 0 aliphatic heterocycles. The zero-order chi connectivity index (χ0) is 21.5. The monoisotopic (exact) mass is 425 g/mol. The van der Waals surface area contributed by atoms with Gasteiger partial charge in [-0.2, -0.15) is 0 Å². The molecule has 0 atom stereocenters. The second kappa shape index (κ2) is 7.39. The van der Waals surface area contributed by atoms with Crippen molar-refractivity contribution in [3.05, 3.63) is 59.7 Å². The Morgan fingerprint density at radius 1 is 1.07 bits per heavy atom. The maximum Gasteiger partial charge on any atom is 0.343 e. The molecule has 0 radical (unpaired) electrons. The minimum absolute atomic E-state index is 0.0440. The first-order chi connectivity index (χ1) is 14.3. The van der Waals surface area contributed by atoms with E-state index in [2.05, 4.69) is 9.97 Å². The van der Waals surface area contributed by atoms with E-state index in [1.807, 2.05) is 24.3 Å². The van der Waals surface area contributed by atoms with E-state index >= 15 is 0 Å². The molecule has 0 spiro atoms. The number of aromatic nitrogens is 3. The van der Waals surface area contributed by atoms with Crippen molar-refractivity contribution in [2.75, 3.05) is 12.8 Å². The molecule has 0 aliphatic rings. The first kappa shape index (κ1) is 19.8. The largest absolute Gasteiger partial charge is 0.465 e. The van der Waals surface area contributed by atoms with Gasteiger partial charge >= 0.3 is 5.97 Å². The second-order valence-corrected chi connectivity index (χ2v) is 8.29. The molecule has 0 saturated carbocycles. The number of hydrogen-bond donors (Lipinski definition) is 2. The average Bonchev–Trinajstić information content (AvgIpc) is 3.00. The molecular weight excluding hydrogens is 406 g/mol. The number of aryl methyl sites for hydroxylation is 2. The van der Waals surface area contributed by atoms with Gasteiger partial charge in [-0.1, -0.05) is 24.3 Å². The fourth-order valence-corrected chi connectivity index (χ4v) is 3.85. The summed E-state index contributed by atoms with van der Waals surface area (Å²) in [5.74, 6) is -0.369.